The Labute approximate surface area is 103 Å². The molecule has 0 bridgehead atoms. The Morgan fingerprint density at radius 1 is 1.56 bits per heavy atom. The lowest BCUT2D eigenvalue weighted by molar-refractivity contribution is 0.0947. The number of methoxy groups -OCH3 is 1. The molecule has 0 saturated carbocycles. The Kier molecular flexibility index (Phi) is 3.42. The van der Waals surface area contributed by atoms with E-state index in [1.54, 1.807) is 18.2 Å². The molecule has 0 fully saturated rings. The maximum absolute atomic E-state index is 12.0. The molecule has 1 amide bonds. The third-order valence-corrected chi connectivity index (χ3v) is 2.38. The molecule has 0 unspecified atom stereocenters. The van der Waals surface area contributed by atoms with Crippen molar-refractivity contribution >= 4 is 11.6 Å². The van der Waals surface area contributed by atoms with Gasteiger partial charge in [0.25, 0.3) is 5.91 Å². The Morgan fingerprint density at radius 3 is 3.06 bits per heavy atom. The monoisotopic (exact) mass is 247 g/mol. The van der Waals surface area contributed by atoms with Crippen molar-refractivity contribution in [2.24, 2.45) is 0 Å². The Balaban J connectivity index is 2.11. The molecule has 1 heterocycles. The van der Waals surface area contributed by atoms with Crippen LogP contribution in [-0.4, -0.2) is 28.2 Å². The Bertz CT molecular complexity index is 538. The summed E-state index contributed by atoms with van der Waals surface area (Å²) in [6.45, 7) is 0.261. The van der Waals surface area contributed by atoms with E-state index in [1.165, 1.54) is 13.4 Å². The molecule has 0 aliphatic rings. The molecule has 0 atom stereocenters. The summed E-state index contributed by atoms with van der Waals surface area (Å²) < 4.78 is 5.11. The van der Waals surface area contributed by atoms with Crippen molar-refractivity contribution in [3.05, 3.63) is 35.9 Å². The van der Waals surface area contributed by atoms with Crippen LogP contribution in [-0.2, 0) is 6.54 Å². The molecule has 2 aromatic rings. The minimum absolute atomic E-state index is 0.261. The largest absolute Gasteiger partial charge is 0.494 e. The van der Waals surface area contributed by atoms with Gasteiger partial charge >= 0.3 is 0 Å². The van der Waals surface area contributed by atoms with Crippen LogP contribution in [0.25, 0.3) is 0 Å². The van der Waals surface area contributed by atoms with E-state index < -0.39 is 0 Å². The Hall–Kier alpha value is -2.57. The SMILES string of the molecule is COc1c(N)cccc1C(=O)NCc1ncn[nH]1. The van der Waals surface area contributed by atoms with Gasteiger partial charge in [0.1, 0.15) is 12.2 Å². The number of rotatable bonds is 4. The molecule has 4 N–H and O–H groups in total. The van der Waals surface area contributed by atoms with Crippen LogP contribution in [0.4, 0.5) is 5.69 Å². The molecule has 0 spiro atoms. The number of aromatic amines is 1. The maximum atomic E-state index is 12.0. The predicted octanol–water partition coefficient (Wildman–Crippen LogP) is 0.326. The number of nitrogens with zero attached hydrogens (tertiary/aromatic N) is 2. The first kappa shape index (κ1) is 11.9. The van der Waals surface area contributed by atoms with Crippen molar-refractivity contribution in [2.45, 2.75) is 6.54 Å². The molecule has 94 valence electrons. The Morgan fingerprint density at radius 2 is 2.39 bits per heavy atom. The van der Waals surface area contributed by atoms with Gasteiger partial charge in [-0.15, -0.1) is 0 Å². The number of carbonyl (C=O) groups is 1. The van der Waals surface area contributed by atoms with E-state index in [0.717, 1.165) is 0 Å². The first-order valence-electron chi connectivity index (χ1n) is 5.27. The van der Waals surface area contributed by atoms with E-state index >= 15 is 0 Å². The molecule has 0 aliphatic carbocycles. The minimum atomic E-state index is -0.282. The average molecular weight is 247 g/mol. The molecule has 1 aromatic heterocycles. The topological polar surface area (TPSA) is 106 Å². The zero-order valence-electron chi connectivity index (χ0n) is 9.80. The maximum Gasteiger partial charge on any atom is 0.255 e. The lowest BCUT2D eigenvalue weighted by atomic mass is 10.1. The standard InChI is InChI=1S/C11H13N5O2/c1-18-10-7(3-2-4-8(10)12)11(17)13-5-9-14-6-15-16-9/h2-4,6H,5,12H2,1H3,(H,13,17)(H,14,15,16). The molecule has 0 aliphatic heterocycles. The number of benzene rings is 1. The molecule has 0 radical (unpaired) electrons. The summed E-state index contributed by atoms with van der Waals surface area (Å²) in [7, 11) is 1.47. The van der Waals surface area contributed by atoms with Gasteiger partial charge in [-0.1, -0.05) is 6.07 Å². The minimum Gasteiger partial charge on any atom is -0.494 e. The fourth-order valence-corrected chi connectivity index (χ4v) is 1.54. The highest BCUT2D eigenvalue weighted by molar-refractivity contribution is 5.98. The molecule has 7 nitrogen and oxygen atoms in total. The lowest BCUT2D eigenvalue weighted by Crippen LogP contribution is -2.24. The van der Waals surface area contributed by atoms with Crippen LogP contribution in [0.3, 0.4) is 0 Å². The number of ether oxygens (including phenoxy) is 1. The van der Waals surface area contributed by atoms with Gasteiger partial charge in [-0.2, -0.15) is 5.10 Å². The summed E-state index contributed by atoms with van der Waals surface area (Å²) in [6.07, 6.45) is 1.38. The van der Waals surface area contributed by atoms with Crippen LogP contribution in [0.15, 0.2) is 24.5 Å². The van der Waals surface area contributed by atoms with E-state index in [2.05, 4.69) is 20.5 Å². The van der Waals surface area contributed by atoms with Gasteiger partial charge in [0, 0.05) is 0 Å². The number of aromatic nitrogens is 3. The van der Waals surface area contributed by atoms with Crippen molar-refractivity contribution in [3.63, 3.8) is 0 Å². The van der Waals surface area contributed by atoms with Gasteiger partial charge in [0.05, 0.1) is 24.9 Å². The highest BCUT2D eigenvalue weighted by atomic mass is 16.5. The van der Waals surface area contributed by atoms with E-state index in [0.29, 0.717) is 22.8 Å². The van der Waals surface area contributed by atoms with Gasteiger partial charge in [-0.3, -0.25) is 9.89 Å². The van der Waals surface area contributed by atoms with Crippen molar-refractivity contribution in [1.29, 1.82) is 0 Å². The summed E-state index contributed by atoms with van der Waals surface area (Å²) in [5, 5.41) is 9.04. The molecular weight excluding hydrogens is 234 g/mol. The summed E-state index contributed by atoms with van der Waals surface area (Å²) >= 11 is 0. The van der Waals surface area contributed by atoms with E-state index in [1.807, 2.05) is 0 Å². The molecule has 0 saturated heterocycles. The third kappa shape index (κ3) is 2.40. The summed E-state index contributed by atoms with van der Waals surface area (Å²) in [5.41, 5.74) is 6.53. The lowest BCUT2D eigenvalue weighted by Gasteiger charge is -2.10. The highest BCUT2D eigenvalue weighted by Crippen LogP contribution is 2.25. The van der Waals surface area contributed by atoms with Crippen LogP contribution in [0.5, 0.6) is 5.75 Å². The predicted molar refractivity (Wildman–Crippen MR) is 65.0 cm³/mol. The van der Waals surface area contributed by atoms with Crippen LogP contribution in [0.1, 0.15) is 16.2 Å². The quantitative estimate of drug-likeness (QED) is 0.675. The second kappa shape index (κ2) is 5.17. The van der Waals surface area contributed by atoms with E-state index in [9.17, 15) is 4.79 Å². The smallest absolute Gasteiger partial charge is 0.255 e. The number of anilines is 1. The number of nitrogens with one attached hydrogen (secondary N) is 2. The van der Waals surface area contributed by atoms with Gasteiger partial charge in [0.15, 0.2) is 5.75 Å². The fourth-order valence-electron chi connectivity index (χ4n) is 1.54. The number of amides is 1. The number of nitrogen functional groups attached to an aromatic ring is 1. The van der Waals surface area contributed by atoms with Crippen LogP contribution < -0.4 is 15.8 Å². The van der Waals surface area contributed by atoms with Crippen molar-refractivity contribution in [2.75, 3.05) is 12.8 Å². The second-order valence-corrected chi connectivity index (χ2v) is 3.54. The number of H-pyrrole nitrogens is 1. The number of para-hydroxylation sites is 1. The van der Waals surface area contributed by atoms with Crippen LogP contribution >= 0.6 is 0 Å². The summed E-state index contributed by atoms with van der Waals surface area (Å²) in [5.74, 6) is 0.661. The molecule has 1 aromatic carbocycles. The average Bonchev–Trinajstić information content (AvgIpc) is 2.88. The number of nitrogens with two attached hydrogens (primary N) is 1. The normalized spacial score (nSPS) is 10.1. The third-order valence-electron chi connectivity index (χ3n) is 2.38. The van der Waals surface area contributed by atoms with E-state index in [-0.39, 0.29) is 12.5 Å². The van der Waals surface area contributed by atoms with Gasteiger partial charge in [-0.25, -0.2) is 4.98 Å². The van der Waals surface area contributed by atoms with Crippen LogP contribution in [0, 0.1) is 0 Å². The van der Waals surface area contributed by atoms with Gasteiger partial charge < -0.3 is 15.8 Å². The van der Waals surface area contributed by atoms with Crippen LogP contribution in [0.2, 0.25) is 0 Å². The summed E-state index contributed by atoms with van der Waals surface area (Å²) in [6, 6.07) is 5.01. The zero-order chi connectivity index (χ0) is 13.0. The first-order chi connectivity index (χ1) is 8.72. The zero-order valence-corrected chi connectivity index (χ0v) is 9.80. The molecule has 2 rings (SSSR count). The number of hydrogen-bond donors (Lipinski definition) is 3. The second-order valence-electron chi connectivity index (χ2n) is 3.54. The van der Waals surface area contributed by atoms with Crippen molar-refractivity contribution < 1.29 is 9.53 Å². The number of carbonyl (C=O) groups excluding carboxylic acids is 1. The highest BCUT2D eigenvalue weighted by Gasteiger charge is 2.14. The van der Waals surface area contributed by atoms with Crippen molar-refractivity contribution in [1.82, 2.24) is 20.5 Å². The van der Waals surface area contributed by atoms with E-state index in [4.69, 9.17) is 10.5 Å². The molecular formula is C11H13N5O2. The fraction of sp³-hybridized carbons (Fsp3) is 0.182. The molecule has 7 heteroatoms. The van der Waals surface area contributed by atoms with Gasteiger partial charge in [0.2, 0.25) is 0 Å². The molecule has 18 heavy (non-hydrogen) atoms. The number of hydrogen-bond acceptors (Lipinski definition) is 5. The summed E-state index contributed by atoms with van der Waals surface area (Å²) in [4.78, 5) is 15.9. The van der Waals surface area contributed by atoms with Gasteiger partial charge in [-0.05, 0) is 12.1 Å². The first-order valence-corrected chi connectivity index (χ1v) is 5.27. The van der Waals surface area contributed by atoms with Crippen molar-refractivity contribution in [3.8, 4) is 5.75 Å².